The Bertz CT molecular complexity index is 479. The molecule has 0 aromatic heterocycles. The molecule has 0 saturated carbocycles. The van der Waals surface area contributed by atoms with Crippen LogP contribution in [0.3, 0.4) is 0 Å². The molecule has 5 heteroatoms. The van der Waals surface area contributed by atoms with Gasteiger partial charge in [-0.1, -0.05) is 6.07 Å². The average molecular weight is 280 g/mol. The van der Waals surface area contributed by atoms with Gasteiger partial charge in [0, 0.05) is 6.42 Å². The van der Waals surface area contributed by atoms with Gasteiger partial charge in [0.2, 0.25) is 5.78 Å². The van der Waals surface area contributed by atoms with Crippen molar-refractivity contribution in [3.05, 3.63) is 23.8 Å². The molecule has 0 aliphatic carbocycles. The maximum absolute atomic E-state index is 11.5. The highest BCUT2D eigenvalue weighted by Gasteiger charge is 2.16. The molecule has 0 radical (unpaired) electrons. The fourth-order valence-corrected chi connectivity index (χ4v) is 1.65. The molecule has 0 aliphatic rings. The van der Waals surface area contributed by atoms with Crippen molar-refractivity contribution in [1.29, 1.82) is 0 Å². The predicted octanol–water partition coefficient (Wildman–Crippen LogP) is 2.16. The van der Waals surface area contributed by atoms with E-state index >= 15 is 0 Å². The van der Waals surface area contributed by atoms with Gasteiger partial charge in [-0.2, -0.15) is 0 Å². The normalized spacial score (nSPS) is 10.2. The van der Waals surface area contributed by atoms with Crippen molar-refractivity contribution in [3.8, 4) is 11.5 Å². The quantitative estimate of drug-likeness (QED) is 0.566. The van der Waals surface area contributed by atoms with Crippen LogP contribution in [-0.4, -0.2) is 31.6 Å². The maximum atomic E-state index is 11.5. The summed E-state index contributed by atoms with van der Waals surface area (Å²) in [6, 6.07) is 5.19. The van der Waals surface area contributed by atoms with Crippen LogP contribution < -0.4 is 9.47 Å². The van der Waals surface area contributed by atoms with Gasteiger partial charge < -0.3 is 14.2 Å². The number of carbonyl (C=O) groups excluding carboxylic acids is 2. The molecule has 0 bridgehead atoms. The number of ketones is 1. The topological polar surface area (TPSA) is 61.8 Å². The molecule has 0 atom stereocenters. The monoisotopic (exact) mass is 280 g/mol. The molecule has 0 amide bonds. The van der Waals surface area contributed by atoms with Gasteiger partial charge in [0.15, 0.2) is 11.5 Å². The Balaban J connectivity index is 2.92. The van der Waals surface area contributed by atoms with Crippen molar-refractivity contribution in [2.24, 2.45) is 0 Å². The minimum atomic E-state index is -0.842. The fraction of sp³-hybridized carbons (Fsp3) is 0.467. The van der Waals surface area contributed by atoms with Gasteiger partial charge in [-0.05, 0) is 38.5 Å². The molecule has 0 heterocycles. The average Bonchev–Trinajstić information content (AvgIpc) is 2.40. The van der Waals surface area contributed by atoms with E-state index in [2.05, 4.69) is 4.74 Å². The van der Waals surface area contributed by atoms with E-state index < -0.39 is 11.8 Å². The van der Waals surface area contributed by atoms with E-state index in [9.17, 15) is 9.59 Å². The summed E-state index contributed by atoms with van der Waals surface area (Å²) in [6.07, 6.45) is 0.00563. The van der Waals surface area contributed by atoms with Crippen LogP contribution in [0.1, 0.15) is 26.3 Å². The number of hydrogen-bond acceptors (Lipinski definition) is 5. The van der Waals surface area contributed by atoms with Gasteiger partial charge in [0.05, 0.1) is 19.8 Å². The molecule has 0 saturated heterocycles. The van der Waals surface area contributed by atoms with Crippen LogP contribution in [0.4, 0.5) is 0 Å². The lowest BCUT2D eigenvalue weighted by atomic mass is 10.1. The summed E-state index contributed by atoms with van der Waals surface area (Å²) in [5.74, 6) is -0.245. The van der Waals surface area contributed by atoms with Crippen LogP contribution >= 0.6 is 0 Å². The van der Waals surface area contributed by atoms with E-state index in [4.69, 9.17) is 9.47 Å². The number of ether oxygens (including phenoxy) is 3. The molecule has 0 spiro atoms. The largest absolute Gasteiger partial charge is 0.490 e. The third-order valence-electron chi connectivity index (χ3n) is 2.45. The summed E-state index contributed by atoms with van der Waals surface area (Å²) in [6.45, 7) is 6.20. The Morgan fingerprint density at radius 2 is 1.90 bits per heavy atom. The lowest BCUT2D eigenvalue weighted by Crippen LogP contribution is -2.17. The van der Waals surface area contributed by atoms with Crippen molar-refractivity contribution < 1.29 is 23.8 Å². The predicted molar refractivity (Wildman–Crippen MR) is 74.1 cm³/mol. The first-order valence-electron chi connectivity index (χ1n) is 6.51. The highest BCUT2D eigenvalue weighted by Crippen LogP contribution is 2.29. The fourth-order valence-electron chi connectivity index (χ4n) is 1.65. The number of benzene rings is 1. The zero-order valence-corrected chi connectivity index (χ0v) is 12.3. The van der Waals surface area contributed by atoms with Crippen molar-refractivity contribution in [2.75, 3.05) is 13.7 Å². The van der Waals surface area contributed by atoms with E-state index in [1.54, 1.807) is 18.2 Å². The lowest BCUT2D eigenvalue weighted by molar-refractivity contribution is -0.151. The Morgan fingerprint density at radius 3 is 2.45 bits per heavy atom. The number of Topliss-reactive ketones (excluding diaryl/α,β-unsaturated/α-hetero) is 1. The summed E-state index contributed by atoms with van der Waals surface area (Å²) in [5, 5.41) is 0. The smallest absolute Gasteiger partial charge is 0.374 e. The highest BCUT2D eigenvalue weighted by atomic mass is 16.5. The molecule has 0 fully saturated rings. The van der Waals surface area contributed by atoms with Gasteiger partial charge in [-0.3, -0.25) is 4.79 Å². The van der Waals surface area contributed by atoms with E-state index in [1.807, 2.05) is 20.8 Å². The van der Waals surface area contributed by atoms with Gasteiger partial charge in [0.25, 0.3) is 0 Å². The van der Waals surface area contributed by atoms with Crippen LogP contribution in [0.2, 0.25) is 0 Å². The van der Waals surface area contributed by atoms with Crippen LogP contribution in [0.25, 0.3) is 0 Å². The van der Waals surface area contributed by atoms with E-state index in [1.165, 1.54) is 7.11 Å². The molecule has 110 valence electrons. The van der Waals surface area contributed by atoms with Crippen molar-refractivity contribution in [3.63, 3.8) is 0 Å². The molecule has 1 rings (SSSR count). The zero-order valence-electron chi connectivity index (χ0n) is 12.3. The summed E-state index contributed by atoms with van der Waals surface area (Å²) in [7, 11) is 1.19. The molecule has 1 aromatic carbocycles. The lowest BCUT2D eigenvalue weighted by Gasteiger charge is -2.15. The van der Waals surface area contributed by atoms with Crippen molar-refractivity contribution in [1.82, 2.24) is 0 Å². The Labute approximate surface area is 118 Å². The van der Waals surface area contributed by atoms with Gasteiger partial charge >= 0.3 is 5.97 Å². The van der Waals surface area contributed by atoms with Gasteiger partial charge in [0.1, 0.15) is 0 Å². The van der Waals surface area contributed by atoms with Crippen LogP contribution in [0.5, 0.6) is 11.5 Å². The van der Waals surface area contributed by atoms with E-state index in [0.717, 1.165) is 0 Å². The zero-order chi connectivity index (χ0) is 15.1. The molecule has 1 aromatic rings. The SMILES string of the molecule is CCOc1cc(CC(=O)C(=O)OC)ccc1OC(C)C. The van der Waals surface area contributed by atoms with Crippen molar-refractivity contribution in [2.45, 2.75) is 33.3 Å². The molecule has 5 nitrogen and oxygen atoms in total. The molecular formula is C15H20O5. The second kappa shape index (κ2) is 7.53. The standard InChI is InChI=1S/C15H20O5/c1-5-19-14-9-11(8-12(16)15(17)18-4)6-7-13(14)20-10(2)3/h6-7,9-10H,5,8H2,1-4H3. The third-order valence-corrected chi connectivity index (χ3v) is 2.45. The highest BCUT2D eigenvalue weighted by molar-refractivity contribution is 6.34. The molecule has 20 heavy (non-hydrogen) atoms. The Morgan fingerprint density at radius 1 is 1.20 bits per heavy atom. The summed E-state index contributed by atoms with van der Waals surface area (Å²) in [4.78, 5) is 22.6. The third kappa shape index (κ3) is 4.57. The van der Waals surface area contributed by atoms with Crippen LogP contribution in [-0.2, 0) is 20.7 Å². The second-order valence-corrected chi connectivity index (χ2v) is 4.47. The number of esters is 1. The van der Waals surface area contributed by atoms with Crippen LogP contribution in [0.15, 0.2) is 18.2 Å². The van der Waals surface area contributed by atoms with E-state index in [-0.39, 0.29) is 12.5 Å². The summed E-state index contributed by atoms with van der Waals surface area (Å²) >= 11 is 0. The second-order valence-electron chi connectivity index (χ2n) is 4.47. The molecule has 0 N–H and O–H groups in total. The Kier molecular flexibility index (Phi) is 6.03. The Hall–Kier alpha value is -2.04. The maximum Gasteiger partial charge on any atom is 0.374 e. The number of hydrogen-bond donors (Lipinski definition) is 0. The first-order chi connectivity index (χ1) is 9.47. The first-order valence-corrected chi connectivity index (χ1v) is 6.51. The van der Waals surface area contributed by atoms with E-state index in [0.29, 0.717) is 23.7 Å². The minimum Gasteiger partial charge on any atom is -0.490 e. The number of rotatable bonds is 7. The van der Waals surface area contributed by atoms with Crippen molar-refractivity contribution >= 4 is 11.8 Å². The first kappa shape index (κ1) is 16.0. The number of methoxy groups -OCH3 is 1. The summed E-state index contributed by atoms with van der Waals surface area (Å²) < 4.78 is 15.5. The summed E-state index contributed by atoms with van der Waals surface area (Å²) in [5.41, 5.74) is 0.681. The molecular weight excluding hydrogens is 260 g/mol. The van der Waals surface area contributed by atoms with Gasteiger partial charge in [-0.25, -0.2) is 4.79 Å². The minimum absolute atomic E-state index is 0.0191. The molecule has 0 aliphatic heterocycles. The van der Waals surface area contributed by atoms with Gasteiger partial charge in [-0.15, -0.1) is 0 Å². The number of carbonyl (C=O) groups is 2. The van der Waals surface area contributed by atoms with Crippen LogP contribution in [0, 0.1) is 0 Å². The molecule has 0 unspecified atom stereocenters.